The van der Waals surface area contributed by atoms with Crippen LogP contribution in [0.1, 0.15) is 37.5 Å². The maximum atomic E-state index is 4.21. The van der Waals surface area contributed by atoms with E-state index in [9.17, 15) is 0 Å². The molecule has 0 bridgehead atoms. The van der Waals surface area contributed by atoms with E-state index in [1.165, 1.54) is 25.7 Å². The first kappa shape index (κ1) is 12.9. The average Bonchev–Trinajstić information content (AvgIpc) is 3.01. The van der Waals surface area contributed by atoms with Gasteiger partial charge in [0.05, 0.1) is 12.6 Å². The van der Waals surface area contributed by atoms with E-state index < -0.39 is 0 Å². The molecule has 2 aromatic heterocycles. The highest BCUT2D eigenvalue weighted by molar-refractivity contribution is 4.91. The number of tetrazole rings is 1. The zero-order valence-electron chi connectivity index (χ0n) is 12.0. The molecule has 0 unspecified atom stereocenters. The van der Waals surface area contributed by atoms with E-state index in [-0.39, 0.29) is 0 Å². The summed E-state index contributed by atoms with van der Waals surface area (Å²) in [6.07, 6.45) is 8.31. The van der Waals surface area contributed by atoms with Gasteiger partial charge in [-0.05, 0) is 48.6 Å². The van der Waals surface area contributed by atoms with Crippen molar-refractivity contribution in [1.82, 2.24) is 39.9 Å². The lowest BCUT2D eigenvalue weighted by Gasteiger charge is -2.32. The zero-order valence-corrected chi connectivity index (χ0v) is 12.0. The van der Waals surface area contributed by atoms with Crippen molar-refractivity contribution >= 4 is 0 Å². The summed E-state index contributed by atoms with van der Waals surface area (Å²) in [5, 5.41) is 16.4. The number of nitrogens with zero attached hydrogens (tertiary/aromatic N) is 8. The lowest BCUT2D eigenvalue weighted by atomic mass is 9.98. The molecule has 1 aliphatic heterocycles. The van der Waals surface area contributed by atoms with Crippen LogP contribution in [-0.2, 0) is 13.1 Å². The molecule has 2 fully saturated rings. The third-order valence-electron chi connectivity index (χ3n) is 4.33. The molecule has 3 heterocycles. The Bertz CT molecular complexity index is 573. The molecule has 1 atom stereocenters. The van der Waals surface area contributed by atoms with E-state index in [1.807, 2.05) is 9.36 Å². The smallest absolute Gasteiger partial charge is 0.165 e. The standard InChI is InChI=1S/C13H20N8/c1-2-11(7-20-10-14-9-15-20)6-19(5-1)8-13-16-17-18-21(13)12-3-4-12/h9-12H,1-8H2/t11-/m1/s1. The summed E-state index contributed by atoms with van der Waals surface area (Å²) in [5.41, 5.74) is 0. The molecule has 1 saturated carbocycles. The molecule has 2 aliphatic rings. The molecule has 0 aromatic carbocycles. The lowest BCUT2D eigenvalue weighted by molar-refractivity contribution is 0.148. The van der Waals surface area contributed by atoms with Crippen LogP contribution in [0.25, 0.3) is 0 Å². The van der Waals surface area contributed by atoms with Crippen LogP contribution >= 0.6 is 0 Å². The lowest BCUT2D eigenvalue weighted by Crippen LogP contribution is -2.37. The Balaban J connectivity index is 1.37. The van der Waals surface area contributed by atoms with Gasteiger partial charge in [0.1, 0.15) is 12.7 Å². The number of hydrogen-bond acceptors (Lipinski definition) is 6. The van der Waals surface area contributed by atoms with Crippen LogP contribution in [0.4, 0.5) is 0 Å². The Morgan fingerprint density at radius 2 is 2.19 bits per heavy atom. The van der Waals surface area contributed by atoms with Crippen molar-refractivity contribution in [3.05, 3.63) is 18.5 Å². The Kier molecular flexibility index (Phi) is 3.38. The third-order valence-corrected chi connectivity index (χ3v) is 4.33. The molecule has 1 saturated heterocycles. The second kappa shape index (κ2) is 5.51. The van der Waals surface area contributed by atoms with Crippen molar-refractivity contribution in [2.45, 2.75) is 44.8 Å². The van der Waals surface area contributed by atoms with Gasteiger partial charge in [-0.1, -0.05) is 0 Å². The molecule has 8 heteroatoms. The van der Waals surface area contributed by atoms with Gasteiger partial charge in [-0.2, -0.15) is 5.10 Å². The fourth-order valence-electron chi connectivity index (χ4n) is 3.15. The highest BCUT2D eigenvalue weighted by Gasteiger charge is 2.29. The Morgan fingerprint density at radius 1 is 1.24 bits per heavy atom. The van der Waals surface area contributed by atoms with Gasteiger partial charge < -0.3 is 0 Å². The highest BCUT2D eigenvalue weighted by atomic mass is 15.6. The number of piperidine rings is 1. The number of aromatic nitrogens is 7. The fourth-order valence-corrected chi connectivity index (χ4v) is 3.15. The molecular formula is C13H20N8. The summed E-state index contributed by atoms with van der Waals surface area (Å²) in [7, 11) is 0. The first-order valence-corrected chi connectivity index (χ1v) is 7.70. The summed E-state index contributed by atoms with van der Waals surface area (Å²) >= 11 is 0. The van der Waals surface area contributed by atoms with Crippen molar-refractivity contribution in [3.8, 4) is 0 Å². The molecule has 0 N–H and O–H groups in total. The van der Waals surface area contributed by atoms with Gasteiger partial charge in [-0.3, -0.25) is 9.58 Å². The molecule has 2 aromatic rings. The molecule has 0 radical (unpaired) electrons. The van der Waals surface area contributed by atoms with Gasteiger partial charge in [0, 0.05) is 13.1 Å². The van der Waals surface area contributed by atoms with Crippen LogP contribution < -0.4 is 0 Å². The van der Waals surface area contributed by atoms with Crippen molar-refractivity contribution in [3.63, 3.8) is 0 Å². The van der Waals surface area contributed by atoms with E-state index in [0.717, 1.165) is 32.0 Å². The van der Waals surface area contributed by atoms with Crippen LogP contribution in [0.5, 0.6) is 0 Å². The Labute approximate surface area is 123 Å². The molecule has 112 valence electrons. The van der Waals surface area contributed by atoms with Gasteiger partial charge in [0.2, 0.25) is 0 Å². The van der Waals surface area contributed by atoms with Gasteiger partial charge in [0.15, 0.2) is 5.82 Å². The van der Waals surface area contributed by atoms with E-state index in [4.69, 9.17) is 0 Å². The highest BCUT2D eigenvalue weighted by Crippen LogP contribution is 2.34. The first-order chi connectivity index (χ1) is 10.4. The average molecular weight is 288 g/mol. The number of likely N-dealkylation sites (tertiary alicyclic amines) is 1. The predicted octanol–water partition coefficient (Wildman–Crippen LogP) is 0.512. The summed E-state index contributed by atoms with van der Waals surface area (Å²) in [4.78, 5) is 6.48. The van der Waals surface area contributed by atoms with Gasteiger partial charge in [-0.25, -0.2) is 9.67 Å². The van der Waals surface area contributed by atoms with Gasteiger partial charge in [0.25, 0.3) is 0 Å². The number of hydrogen-bond donors (Lipinski definition) is 0. The van der Waals surface area contributed by atoms with Crippen molar-refractivity contribution in [2.75, 3.05) is 13.1 Å². The molecule has 21 heavy (non-hydrogen) atoms. The van der Waals surface area contributed by atoms with E-state index in [0.29, 0.717) is 12.0 Å². The maximum Gasteiger partial charge on any atom is 0.165 e. The summed E-state index contributed by atoms with van der Waals surface area (Å²) in [6.45, 7) is 4.02. The van der Waals surface area contributed by atoms with Crippen LogP contribution in [0.2, 0.25) is 0 Å². The Morgan fingerprint density at radius 3 is 3.00 bits per heavy atom. The minimum atomic E-state index is 0.547. The SMILES string of the molecule is c1ncn(C[C@@H]2CCCN(Cc3nnnn3C3CC3)C2)n1. The molecule has 8 nitrogen and oxygen atoms in total. The largest absolute Gasteiger partial charge is 0.296 e. The summed E-state index contributed by atoms with van der Waals surface area (Å²) in [5.74, 6) is 1.64. The summed E-state index contributed by atoms with van der Waals surface area (Å²) in [6, 6.07) is 0.547. The third kappa shape index (κ3) is 2.94. The maximum absolute atomic E-state index is 4.21. The Hall–Kier alpha value is -1.83. The fraction of sp³-hybridized carbons (Fsp3) is 0.769. The van der Waals surface area contributed by atoms with E-state index in [1.54, 1.807) is 12.7 Å². The van der Waals surface area contributed by atoms with Gasteiger partial charge in [-0.15, -0.1) is 5.10 Å². The van der Waals surface area contributed by atoms with Crippen LogP contribution in [-0.4, -0.2) is 53.0 Å². The first-order valence-electron chi connectivity index (χ1n) is 7.70. The van der Waals surface area contributed by atoms with Crippen molar-refractivity contribution in [2.24, 2.45) is 5.92 Å². The van der Waals surface area contributed by atoms with Crippen LogP contribution in [0, 0.1) is 5.92 Å². The molecule has 0 amide bonds. The van der Waals surface area contributed by atoms with Crippen molar-refractivity contribution in [1.29, 1.82) is 0 Å². The molecule has 1 aliphatic carbocycles. The minimum Gasteiger partial charge on any atom is -0.296 e. The van der Waals surface area contributed by atoms with Gasteiger partial charge >= 0.3 is 0 Å². The van der Waals surface area contributed by atoms with Crippen LogP contribution in [0.3, 0.4) is 0 Å². The molecule has 4 rings (SSSR count). The van der Waals surface area contributed by atoms with E-state index >= 15 is 0 Å². The molecule has 0 spiro atoms. The monoisotopic (exact) mass is 288 g/mol. The van der Waals surface area contributed by atoms with E-state index in [2.05, 4.69) is 30.5 Å². The van der Waals surface area contributed by atoms with Crippen LogP contribution in [0.15, 0.2) is 12.7 Å². The minimum absolute atomic E-state index is 0.547. The second-order valence-electron chi connectivity index (χ2n) is 6.13. The second-order valence-corrected chi connectivity index (χ2v) is 6.13. The summed E-state index contributed by atoms with van der Waals surface area (Å²) < 4.78 is 3.95. The zero-order chi connectivity index (χ0) is 14.1. The number of rotatable bonds is 5. The topological polar surface area (TPSA) is 77.5 Å². The normalized spacial score (nSPS) is 23.5. The quantitative estimate of drug-likeness (QED) is 0.798. The van der Waals surface area contributed by atoms with Crippen molar-refractivity contribution < 1.29 is 0 Å². The predicted molar refractivity (Wildman–Crippen MR) is 74.1 cm³/mol. The molecular weight excluding hydrogens is 268 g/mol.